The molecule has 13 N–H and O–H groups in total. The Kier molecular flexibility index (Phi) is 25.8. The second-order valence-electron chi connectivity index (χ2n) is 20.0. The van der Waals surface area contributed by atoms with Gasteiger partial charge in [-0.1, -0.05) is 86.8 Å². The van der Waals surface area contributed by atoms with Crippen molar-refractivity contribution < 1.29 is 94.2 Å². The molecule has 4 aliphatic heterocycles. The van der Waals surface area contributed by atoms with E-state index in [1.807, 2.05) is 56.4 Å². The number of aliphatic carboxylic acids is 1. The van der Waals surface area contributed by atoms with Gasteiger partial charge >= 0.3 is 11.9 Å². The monoisotopic (exact) mass is 1030 g/mol. The summed E-state index contributed by atoms with van der Waals surface area (Å²) in [5.41, 5.74) is 5.96. The number of aliphatic hydroxyl groups is 10. The number of hydrogen-bond acceptors (Lipinski definition) is 19. The minimum Gasteiger partial charge on any atom is -0.481 e. The molecule has 4 rings (SSSR count). The van der Waals surface area contributed by atoms with Crippen molar-refractivity contribution in [1.29, 1.82) is 0 Å². The van der Waals surface area contributed by atoms with E-state index in [2.05, 4.69) is 0 Å². The molecule has 2 bridgehead atoms. The SMILES string of the molecule is CC1/C=C/C=C/CC/C=C/C=C/C=C/C=C/C(O[C@@H]2OC[C@@H](O)[C@H](N)[C@@H]2O)CC2OC(O)(CC(O)CCCC(O)CC(O)CC(O)CC(=O)OC(C)C(C)C1OC1C[C@@H](O)[C@@H](O)[C@H](C)O1)CC(O)C2C(=O)O. The van der Waals surface area contributed by atoms with Gasteiger partial charge in [0.1, 0.15) is 24.2 Å². The van der Waals surface area contributed by atoms with Crippen molar-refractivity contribution in [2.75, 3.05) is 6.61 Å². The Labute approximate surface area is 422 Å². The van der Waals surface area contributed by atoms with Crippen LogP contribution in [0.15, 0.2) is 72.9 Å². The van der Waals surface area contributed by atoms with Crippen LogP contribution in [-0.2, 0) is 38.0 Å². The summed E-state index contributed by atoms with van der Waals surface area (Å²) in [7, 11) is 0. The van der Waals surface area contributed by atoms with Crippen molar-refractivity contribution >= 4 is 11.9 Å². The second kappa shape index (κ2) is 30.3. The van der Waals surface area contributed by atoms with E-state index in [1.165, 1.54) is 0 Å². The molecule has 4 heterocycles. The molecule has 20 heteroatoms. The number of fused-ring (bicyclic) bond motifs is 2. The number of rotatable bonds is 5. The third kappa shape index (κ3) is 20.1. The van der Waals surface area contributed by atoms with Gasteiger partial charge in [-0.15, -0.1) is 0 Å². The molecule has 0 aromatic carbocycles. The van der Waals surface area contributed by atoms with Crippen molar-refractivity contribution in [3.63, 3.8) is 0 Å². The molecule has 3 fully saturated rings. The number of esters is 1. The van der Waals surface area contributed by atoms with Crippen LogP contribution in [0.1, 0.15) is 105 Å². The Morgan fingerprint density at radius 3 is 2.00 bits per heavy atom. The molecule has 3 saturated heterocycles. The largest absolute Gasteiger partial charge is 0.481 e. The molecule has 0 amide bonds. The lowest BCUT2D eigenvalue weighted by molar-refractivity contribution is -0.305. The molecular weight excluding hydrogens is 943 g/mol. The number of aliphatic hydroxyl groups excluding tert-OH is 9. The lowest BCUT2D eigenvalue weighted by Crippen LogP contribution is -2.59. The smallest absolute Gasteiger partial charge is 0.311 e. The molecule has 0 radical (unpaired) electrons. The highest BCUT2D eigenvalue weighted by atomic mass is 16.7. The maximum atomic E-state index is 13.1. The predicted molar refractivity (Wildman–Crippen MR) is 261 cm³/mol. The summed E-state index contributed by atoms with van der Waals surface area (Å²) in [6.45, 7) is 6.89. The van der Waals surface area contributed by atoms with Crippen LogP contribution in [0.3, 0.4) is 0 Å². The van der Waals surface area contributed by atoms with Crippen molar-refractivity contribution in [2.24, 2.45) is 23.5 Å². The Hall–Kier alpha value is -3.26. The molecule has 0 aromatic rings. The number of carbonyl (C=O) groups is 2. The zero-order chi connectivity index (χ0) is 53.1. The summed E-state index contributed by atoms with van der Waals surface area (Å²) < 4.78 is 35.6. The van der Waals surface area contributed by atoms with E-state index in [9.17, 15) is 65.8 Å². The van der Waals surface area contributed by atoms with Crippen LogP contribution < -0.4 is 5.73 Å². The van der Waals surface area contributed by atoms with E-state index < -0.39 is 153 Å². The van der Waals surface area contributed by atoms with Crippen molar-refractivity contribution in [3.05, 3.63) is 72.9 Å². The van der Waals surface area contributed by atoms with E-state index in [-0.39, 0.29) is 57.5 Å². The van der Waals surface area contributed by atoms with Gasteiger partial charge in [-0.05, 0) is 58.8 Å². The number of carboxylic acids is 1. The average Bonchev–Trinajstić information content (AvgIpc) is 3.28. The van der Waals surface area contributed by atoms with Gasteiger partial charge in [0, 0.05) is 37.5 Å². The summed E-state index contributed by atoms with van der Waals surface area (Å²) >= 11 is 0. The lowest BCUT2D eigenvalue weighted by Gasteiger charge is -2.45. The number of carboxylic acid groups (broad SMARTS) is 1. The molecule has 20 nitrogen and oxygen atoms in total. The van der Waals surface area contributed by atoms with E-state index >= 15 is 0 Å². The van der Waals surface area contributed by atoms with Crippen molar-refractivity contribution in [2.45, 2.75) is 215 Å². The van der Waals surface area contributed by atoms with Crippen LogP contribution in [0.5, 0.6) is 0 Å². The summed E-state index contributed by atoms with van der Waals surface area (Å²) in [6, 6.07) is -1.11. The molecule has 0 saturated carbocycles. The average molecular weight is 1030 g/mol. The first-order chi connectivity index (χ1) is 34.1. The summed E-state index contributed by atoms with van der Waals surface area (Å²) in [6.07, 6.45) is 3.84. The third-order valence-corrected chi connectivity index (χ3v) is 13.7. The molecule has 21 atom stereocenters. The fourth-order valence-corrected chi connectivity index (χ4v) is 9.42. The molecule has 0 aliphatic carbocycles. The van der Waals surface area contributed by atoms with Gasteiger partial charge < -0.3 is 90.3 Å². The molecule has 4 aliphatic rings. The third-order valence-electron chi connectivity index (χ3n) is 13.7. The van der Waals surface area contributed by atoms with Gasteiger partial charge in [-0.3, -0.25) is 9.59 Å². The minimum absolute atomic E-state index is 0.0346. The van der Waals surface area contributed by atoms with Crippen molar-refractivity contribution in [3.8, 4) is 0 Å². The van der Waals surface area contributed by atoms with E-state index in [1.54, 1.807) is 44.2 Å². The maximum Gasteiger partial charge on any atom is 0.311 e. The minimum atomic E-state index is -2.19. The van der Waals surface area contributed by atoms with E-state index in [4.69, 9.17) is 34.2 Å². The number of hydrogen-bond donors (Lipinski definition) is 12. The molecule has 14 unspecified atom stereocenters. The second-order valence-corrected chi connectivity index (χ2v) is 20.0. The Morgan fingerprint density at radius 1 is 0.694 bits per heavy atom. The number of cyclic esters (lactones) is 1. The first kappa shape index (κ1) is 61.3. The van der Waals surface area contributed by atoms with Gasteiger partial charge in [0.2, 0.25) is 0 Å². The normalized spacial score (nSPS) is 45.3. The van der Waals surface area contributed by atoms with Crippen molar-refractivity contribution in [1.82, 2.24) is 0 Å². The fraction of sp³-hybridized carbons (Fsp3) is 0.731. The van der Waals surface area contributed by atoms with Crippen LogP contribution in [0.25, 0.3) is 0 Å². The highest BCUT2D eigenvalue weighted by Gasteiger charge is 2.50. The van der Waals surface area contributed by atoms with E-state index in [0.717, 1.165) is 12.8 Å². The van der Waals surface area contributed by atoms with Crippen LogP contribution in [0.4, 0.5) is 0 Å². The first-order valence-electron chi connectivity index (χ1n) is 25.4. The molecule has 72 heavy (non-hydrogen) atoms. The summed E-state index contributed by atoms with van der Waals surface area (Å²) in [5.74, 6) is -6.49. The van der Waals surface area contributed by atoms with Crippen LogP contribution in [0, 0.1) is 17.8 Å². The topological polar surface area (TPSA) is 338 Å². The van der Waals surface area contributed by atoms with Crippen LogP contribution in [0.2, 0.25) is 0 Å². The highest BCUT2D eigenvalue weighted by Crippen LogP contribution is 2.38. The Morgan fingerprint density at radius 2 is 1.32 bits per heavy atom. The number of carbonyl (C=O) groups excluding carboxylic acids is 1. The number of allylic oxidation sites excluding steroid dienone is 10. The standard InChI is InChI=1S/C52H83NO19/c1-30-18-15-13-11-9-7-5-6-8-10-12-14-16-21-38(70-51-48(63)46(53)41(60)29-67-51)25-42-45(50(64)65)40(59)28-52(66,72-42)27-35(55)20-17-19-34(54)22-36(56)23-37(57)24-43(61)68-32(3)31(2)49(30)71-44-26-39(58)47(62)33(4)69-44/h5-6,8,10-16,18,21,30-42,44-49,51,54-60,62-63,66H,7,9,17,19-20,22-29,53H2,1-4H3,(H,64,65)/b6-5+,10-8+,13-11+,14-12+,18-15+,21-16+/t30?,31?,32?,33-,34?,35?,36?,37?,38?,39+,40?,41+,42?,44?,45?,46-,47-,48-,49?,51-,52?/m0/s1. The van der Waals surface area contributed by atoms with Gasteiger partial charge in [0.25, 0.3) is 0 Å². The fourth-order valence-electron chi connectivity index (χ4n) is 9.42. The van der Waals surface area contributed by atoms with Gasteiger partial charge in [-0.25, -0.2) is 0 Å². The molecule has 0 spiro atoms. The van der Waals surface area contributed by atoms with Gasteiger partial charge in [0.05, 0.1) is 86.2 Å². The Bertz CT molecular complexity index is 1800. The zero-order valence-corrected chi connectivity index (χ0v) is 41.9. The van der Waals surface area contributed by atoms with E-state index in [0.29, 0.717) is 0 Å². The van der Waals surface area contributed by atoms with Gasteiger partial charge in [-0.2, -0.15) is 0 Å². The number of ether oxygens (including phenoxy) is 6. The lowest BCUT2D eigenvalue weighted by atomic mass is 9.83. The number of nitrogens with two attached hydrogens (primary N) is 1. The molecule has 0 aromatic heterocycles. The summed E-state index contributed by atoms with van der Waals surface area (Å²) in [5, 5.41) is 118. The highest BCUT2D eigenvalue weighted by molar-refractivity contribution is 5.71. The van der Waals surface area contributed by atoms with Crippen LogP contribution in [-0.4, -0.2) is 185 Å². The molecule has 410 valence electrons. The predicted octanol–water partition coefficient (Wildman–Crippen LogP) is 1.46. The zero-order valence-electron chi connectivity index (χ0n) is 41.9. The first-order valence-corrected chi connectivity index (χ1v) is 25.4. The van der Waals surface area contributed by atoms with Crippen LogP contribution >= 0.6 is 0 Å². The quantitative estimate of drug-likeness (QED) is 0.173. The maximum absolute atomic E-state index is 13.1. The summed E-state index contributed by atoms with van der Waals surface area (Å²) in [4.78, 5) is 25.5. The Balaban J connectivity index is 1.52. The van der Waals surface area contributed by atoms with Gasteiger partial charge in [0.15, 0.2) is 18.4 Å². The molecular formula is C52H83NO19.